The molecule has 2 aromatic rings. The summed E-state index contributed by atoms with van der Waals surface area (Å²) in [6.45, 7) is 0. The average Bonchev–Trinajstić information content (AvgIpc) is 2.20. The van der Waals surface area contributed by atoms with Crippen LogP contribution in [0.2, 0.25) is 0 Å². The number of nitrogens with zero attached hydrogens (tertiary/aromatic N) is 1. The summed E-state index contributed by atoms with van der Waals surface area (Å²) in [5.41, 5.74) is 1.07. The zero-order valence-electron chi connectivity index (χ0n) is 7.67. The monoisotopic (exact) mass is 238 g/mol. The van der Waals surface area contributed by atoms with Gasteiger partial charge in [-0.25, -0.2) is 0 Å². The molecule has 0 spiro atoms. The molecule has 4 heteroatoms. The topological polar surface area (TPSA) is 12.9 Å². The first-order valence-corrected chi connectivity index (χ1v) is 5.09. The van der Waals surface area contributed by atoms with Gasteiger partial charge < -0.3 is 0 Å². The van der Waals surface area contributed by atoms with E-state index in [2.05, 4.69) is 4.98 Å². The molecule has 0 unspecified atom stereocenters. The normalized spacial score (nSPS) is 10.2. The van der Waals surface area contributed by atoms with Gasteiger partial charge >= 0.3 is 97.5 Å². The van der Waals surface area contributed by atoms with Crippen LogP contribution in [0.25, 0.3) is 11.1 Å². The van der Waals surface area contributed by atoms with Gasteiger partial charge in [0.2, 0.25) is 0 Å². The standard InChI is InChI=1S/C11H6F2N.Ti/c12-10-7-6-9(11(13)14-10)8-4-2-1-3-5-8;/h1-4,6-7H;. The summed E-state index contributed by atoms with van der Waals surface area (Å²) in [7, 11) is 0. The summed E-state index contributed by atoms with van der Waals surface area (Å²) < 4.78 is 26.9. The molecule has 0 aliphatic rings. The van der Waals surface area contributed by atoms with Gasteiger partial charge in [0.25, 0.3) is 0 Å². The molecule has 0 aliphatic heterocycles. The Bertz CT molecular complexity index is 500. The Labute approximate surface area is 97.6 Å². The molecule has 0 bridgehead atoms. The summed E-state index contributed by atoms with van der Waals surface area (Å²) in [5.74, 6) is -1.57. The molecule has 0 fully saturated rings. The number of pyridine rings is 1. The fraction of sp³-hybridized carbons (Fsp3) is 0. The maximum absolute atomic E-state index is 13.4. The number of halogens is 2. The maximum atomic E-state index is 13.4. The molecule has 1 heterocycles. The van der Waals surface area contributed by atoms with Gasteiger partial charge in [-0.15, -0.1) is 0 Å². The van der Waals surface area contributed by atoms with E-state index >= 15 is 0 Å². The van der Waals surface area contributed by atoms with Crippen molar-refractivity contribution in [3.05, 3.63) is 48.3 Å². The zero-order chi connectivity index (χ0) is 10.8. The van der Waals surface area contributed by atoms with Crippen LogP contribution in [0.5, 0.6) is 0 Å². The second-order valence-corrected chi connectivity index (χ2v) is 3.86. The molecule has 1 aromatic carbocycles. The SMILES string of the molecule is Fc1ccc(-c2cccc[c]2[Ti])c(F)n1. The molecule has 15 heavy (non-hydrogen) atoms. The summed E-state index contributed by atoms with van der Waals surface area (Å²) in [5, 5.41) is 0. The van der Waals surface area contributed by atoms with Crippen LogP contribution < -0.4 is 3.87 Å². The van der Waals surface area contributed by atoms with Crippen LogP contribution in [0, 0.1) is 11.9 Å². The van der Waals surface area contributed by atoms with Crippen molar-refractivity contribution in [2.75, 3.05) is 0 Å². The van der Waals surface area contributed by atoms with Gasteiger partial charge in [0, 0.05) is 0 Å². The van der Waals surface area contributed by atoms with E-state index in [1.165, 1.54) is 6.07 Å². The molecule has 2 rings (SSSR count). The van der Waals surface area contributed by atoms with Crippen LogP contribution in [0.3, 0.4) is 0 Å². The average molecular weight is 238 g/mol. The Balaban J connectivity index is 2.60. The van der Waals surface area contributed by atoms with Crippen LogP contribution in [-0.2, 0) is 20.4 Å². The minimum atomic E-state index is -0.801. The van der Waals surface area contributed by atoms with Crippen molar-refractivity contribution in [1.29, 1.82) is 0 Å². The van der Waals surface area contributed by atoms with Gasteiger partial charge in [-0.05, 0) is 0 Å². The molecule has 0 aliphatic carbocycles. The van der Waals surface area contributed by atoms with Gasteiger partial charge in [0.1, 0.15) is 0 Å². The number of hydrogen-bond donors (Lipinski definition) is 0. The van der Waals surface area contributed by atoms with E-state index in [1.807, 2.05) is 38.6 Å². The van der Waals surface area contributed by atoms with Gasteiger partial charge in [-0.1, -0.05) is 0 Å². The third-order valence-electron chi connectivity index (χ3n) is 2.03. The first-order chi connectivity index (χ1) is 7.18. The predicted octanol–water partition coefficient (Wildman–Crippen LogP) is 2.20. The molecule has 0 N–H and O–H groups in total. The van der Waals surface area contributed by atoms with Crippen molar-refractivity contribution < 1.29 is 29.2 Å². The molecule has 0 amide bonds. The Hall–Kier alpha value is -1.06. The Morgan fingerprint density at radius 2 is 1.67 bits per heavy atom. The quantitative estimate of drug-likeness (QED) is 0.548. The summed E-state index contributed by atoms with van der Waals surface area (Å²) in [6.07, 6.45) is 0. The van der Waals surface area contributed by atoms with Crippen LogP contribution in [0.4, 0.5) is 8.78 Å². The predicted molar refractivity (Wildman–Crippen MR) is 49.2 cm³/mol. The van der Waals surface area contributed by atoms with Gasteiger partial charge in [-0.2, -0.15) is 0 Å². The van der Waals surface area contributed by atoms with E-state index in [0.29, 0.717) is 5.56 Å². The van der Waals surface area contributed by atoms with E-state index in [9.17, 15) is 8.78 Å². The van der Waals surface area contributed by atoms with E-state index in [1.54, 1.807) is 6.07 Å². The van der Waals surface area contributed by atoms with Crippen molar-refractivity contribution in [1.82, 2.24) is 4.98 Å². The zero-order valence-corrected chi connectivity index (χ0v) is 9.23. The Morgan fingerprint density at radius 1 is 0.933 bits per heavy atom. The van der Waals surface area contributed by atoms with Crippen molar-refractivity contribution >= 4 is 3.87 Å². The second kappa shape index (κ2) is 4.21. The first-order valence-electron chi connectivity index (χ1n) is 4.31. The van der Waals surface area contributed by atoms with E-state index < -0.39 is 11.9 Å². The Morgan fingerprint density at radius 3 is 2.33 bits per heavy atom. The van der Waals surface area contributed by atoms with E-state index in [-0.39, 0.29) is 0 Å². The van der Waals surface area contributed by atoms with Gasteiger partial charge in [-0.3, -0.25) is 0 Å². The van der Waals surface area contributed by atoms with Crippen LogP contribution in [0.1, 0.15) is 0 Å². The van der Waals surface area contributed by atoms with Crippen molar-refractivity contribution in [3.8, 4) is 11.1 Å². The van der Waals surface area contributed by atoms with E-state index in [0.717, 1.165) is 15.5 Å². The Kier molecular flexibility index (Phi) is 2.94. The molecular formula is C11H6F2NTi. The number of rotatable bonds is 1. The molecular weight excluding hydrogens is 232 g/mol. The van der Waals surface area contributed by atoms with Gasteiger partial charge in [0.15, 0.2) is 0 Å². The van der Waals surface area contributed by atoms with Crippen LogP contribution in [-0.4, -0.2) is 4.98 Å². The van der Waals surface area contributed by atoms with Crippen molar-refractivity contribution in [2.45, 2.75) is 0 Å². The fourth-order valence-electron chi connectivity index (χ4n) is 1.33. The molecule has 0 radical (unpaired) electrons. The number of hydrogen-bond acceptors (Lipinski definition) is 1. The second-order valence-electron chi connectivity index (χ2n) is 3.02. The van der Waals surface area contributed by atoms with Gasteiger partial charge in [0.05, 0.1) is 0 Å². The molecule has 0 saturated heterocycles. The van der Waals surface area contributed by atoms with E-state index in [4.69, 9.17) is 0 Å². The fourth-order valence-corrected chi connectivity index (χ4v) is 1.82. The summed E-state index contributed by atoms with van der Waals surface area (Å²) >= 11 is 1.87. The summed E-state index contributed by atoms with van der Waals surface area (Å²) in [6, 6.07) is 9.90. The molecule has 0 atom stereocenters. The number of aromatic nitrogens is 1. The third kappa shape index (κ3) is 2.14. The number of benzene rings is 1. The first kappa shape index (κ1) is 10.5. The van der Waals surface area contributed by atoms with Crippen LogP contribution in [0.15, 0.2) is 36.4 Å². The molecule has 0 saturated carbocycles. The summed E-state index contributed by atoms with van der Waals surface area (Å²) in [4.78, 5) is 3.16. The molecule has 73 valence electrons. The van der Waals surface area contributed by atoms with Crippen molar-refractivity contribution in [2.24, 2.45) is 0 Å². The van der Waals surface area contributed by atoms with Crippen LogP contribution >= 0.6 is 0 Å². The molecule has 1 nitrogen and oxygen atoms in total. The molecule has 1 aromatic heterocycles. The third-order valence-corrected chi connectivity index (χ3v) is 2.71. The minimum absolute atomic E-state index is 0.328. The van der Waals surface area contributed by atoms with Crippen molar-refractivity contribution in [3.63, 3.8) is 0 Å².